The summed E-state index contributed by atoms with van der Waals surface area (Å²) in [5.41, 5.74) is 6.61. The largest absolute Gasteiger partial charge is 0.454 e. The highest BCUT2D eigenvalue weighted by molar-refractivity contribution is 5.57. The van der Waals surface area contributed by atoms with E-state index in [9.17, 15) is 5.11 Å². The number of nitrogens with two attached hydrogens (primary N) is 1. The molecule has 6 heteroatoms. The van der Waals surface area contributed by atoms with Gasteiger partial charge in [-0.1, -0.05) is 0 Å². The zero-order valence-electron chi connectivity index (χ0n) is 11.5. The SMILES string of the molecule is NCC(O)CN1CCN(c2ccc3c(c2)OCO3)CC1. The number of ether oxygens (including phenoxy) is 2. The van der Waals surface area contributed by atoms with Crippen LogP contribution in [-0.4, -0.2) is 62.2 Å². The fourth-order valence-electron chi connectivity index (χ4n) is 2.64. The highest BCUT2D eigenvalue weighted by Crippen LogP contribution is 2.35. The van der Waals surface area contributed by atoms with E-state index in [2.05, 4.69) is 15.9 Å². The van der Waals surface area contributed by atoms with Crippen molar-refractivity contribution < 1.29 is 14.6 Å². The van der Waals surface area contributed by atoms with Crippen LogP contribution >= 0.6 is 0 Å². The number of hydrogen-bond acceptors (Lipinski definition) is 6. The van der Waals surface area contributed by atoms with Crippen LogP contribution in [0.2, 0.25) is 0 Å². The van der Waals surface area contributed by atoms with Crippen molar-refractivity contribution in [1.82, 2.24) is 4.90 Å². The van der Waals surface area contributed by atoms with Gasteiger partial charge in [-0.3, -0.25) is 4.90 Å². The average Bonchev–Trinajstić information content (AvgIpc) is 2.95. The summed E-state index contributed by atoms with van der Waals surface area (Å²) in [6.45, 7) is 5.04. The number of rotatable bonds is 4. The Hall–Kier alpha value is -1.50. The summed E-state index contributed by atoms with van der Waals surface area (Å²) in [5.74, 6) is 1.64. The molecule has 0 saturated carbocycles. The Kier molecular flexibility index (Phi) is 3.95. The third kappa shape index (κ3) is 2.82. The maximum atomic E-state index is 9.59. The molecule has 0 spiro atoms. The van der Waals surface area contributed by atoms with E-state index in [0.29, 0.717) is 19.9 Å². The van der Waals surface area contributed by atoms with E-state index >= 15 is 0 Å². The minimum absolute atomic E-state index is 0.309. The van der Waals surface area contributed by atoms with Gasteiger partial charge in [0, 0.05) is 51.0 Å². The van der Waals surface area contributed by atoms with Crippen LogP contribution in [0.3, 0.4) is 0 Å². The molecule has 110 valence electrons. The van der Waals surface area contributed by atoms with Gasteiger partial charge in [-0.05, 0) is 12.1 Å². The van der Waals surface area contributed by atoms with Crippen molar-refractivity contribution in [2.24, 2.45) is 5.73 Å². The van der Waals surface area contributed by atoms with E-state index in [1.54, 1.807) is 0 Å². The van der Waals surface area contributed by atoms with Crippen molar-refractivity contribution in [3.63, 3.8) is 0 Å². The molecule has 1 aromatic carbocycles. The van der Waals surface area contributed by atoms with Crippen molar-refractivity contribution in [3.05, 3.63) is 18.2 Å². The second-order valence-electron chi connectivity index (χ2n) is 5.21. The van der Waals surface area contributed by atoms with Crippen LogP contribution in [0.1, 0.15) is 0 Å². The first-order chi connectivity index (χ1) is 9.76. The number of benzene rings is 1. The van der Waals surface area contributed by atoms with Crippen molar-refractivity contribution >= 4 is 5.69 Å². The molecule has 2 heterocycles. The molecule has 1 unspecified atom stereocenters. The Balaban J connectivity index is 1.58. The number of β-amino-alcohol motifs (C(OH)–C–C–N with tert-alkyl or cyclic N) is 1. The first-order valence-corrected chi connectivity index (χ1v) is 7.01. The van der Waals surface area contributed by atoms with Crippen LogP contribution in [0.15, 0.2) is 18.2 Å². The van der Waals surface area contributed by atoms with Gasteiger partial charge in [0.2, 0.25) is 6.79 Å². The zero-order valence-corrected chi connectivity index (χ0v) is 11.5. The predicted octanol–water partition coefficient (Wildman–Crippen LogP) is -0.143. The van der Waals surface area contributed by atoms with Crippen LogP contribution in [0.5, 0.6) is 11.5 Å². The van der Waals surface area contributed by atoms with Crippen LogP contribution in [0.4, 0.5) is 5.69 Å². The normalized spacial score (nSPS) is 20.2. The Labute approximate surface area is 118 Å². The summed E-state index contributed by atoms with van der Waals surface area (Å²) in [5, 5.41) is 9.59. The smallest absolute Gasteiger partial charge is 0.231 e. The number of piperazine rings is 1. The number of nitrogens with zero attached hydrogens (tertiary/aromatic N) is 2. The Morgan fingerprint density at radius 1 is 1.15 bits per heavy atom. The molecule has 0 aromatic heterocycles. The molecule has 3 N–H and O–H groups in total. The third-order valence-corrected chi connectivity index (χ3v) is 3.83. The van der Waals surface area contributed by atoms with E-state index in [4.69, 9.17) is 15.2 Å². The third-order valence-electron chi connectivity index (χ3n) is 3.83. The quantitative estimate of drug-likeness (QED) is 0.799. The lowest BCUT2D eigenvalue weighted by Gasteiger charge is -2.36. The summed E-state index contributed by atoms with van der Waals surface area (Å²) in [4.78, 5) is 4.58. The van der Waals surface area contributed by atoms with E-state index in [0.717, 1.165) is 43.4 Å². The molecule has 6 nitrogen and oxygen atoms in total. The molecule has 0 bridgehead atoms. The highest BCUT2D eigenvalue weighted by Gasteiger charge is 2.21. The summed E-state index contributed by atoms with van der Waals surface area (Å²) in [6.07, 6.45) is -0.424. The van der Waals surface area contributed by atoms with E-state index in [-0.39, 0.29) is 0 Å². The number of anilines is 1. The van der Waals surface area contributed by atoms with Crippen LogP contribution < -0.4 is 20.1 Å². The van der Waals surface area contributed by atoms with Crippen molar-refractivity contribution in [2.45, 2.75) is 6.10 Å². The second-order valence-corrected chi connectivity index (χ2v) is 5.21. The van der Waals surface area contributed by atoms with Gasteiger partial charge in [0.25, 0.3) is 0 Å². The summed E-state index contributed by atoms with van der Waals surface area (Å²) >= 11 is 0. The maximum Gasteiger partial charge on any atom is 0.231 e. The van der Waals surface area contributed by atoms with Gasteiger partial charge in [-0.15, -0.1) is 0 Å². The van der Waals surface area contributed by atoms with Gasteiger partial charge in [0.05, 0.1) is 6.10 Å². The fourth-order valence-corrected chi connectivity index (χ4v) is 2.64. The minimum Gasteiger partial charge on any atom is -0.454 e. The molecule has 0 amide bonds. The Bertz CT molecular complexity index is 461. The number of aliphatic hydroxyl groups is 1. The molecule has 1 atom stereocenters. The lowest BCUT2D eigenvalue weighted by Crippen LogP contribution is -2.49. The molecule has 1 fully saturated rings. The van der Waals surface area contributed by atoms with Crippen molar-refractivity contribution in [2.75, 3.05) is 51.0 Å². The predicted molar refractivity (Wildman–Crippen MR) is 76.3 cm³/mol. The van der Waals surface area contributed by atoms with E-state index in [1.165, 1.54) is 0 Å². The Morgan fingerprint density at radius 2 is 1.90 bits per heavy atom. The summed E-state index contributed by atoms with van der Waals surface area (Å²) in [7, 11) is 0. The van der Waals surface area contributed by atoms with E-state index < -0.39 is 6.10 Å². The standard InChI is InChI=1S/C14H21N3O3/c15-8-12(18)9-16-3-5-17(6-4-16)11-1-2-13-14(7-11)20-10-19-13/h1-2,7,12,18H,3-6,8-10,15H2. The monoisotopic (exact) mass is 279 g/mol. The number of fused-ring (bicyclic) bond motifs is 1. The molecule has 2 aliphatic rings. The molecule has 2 aliphatic heterocycles. The van der Waals surface area contributed by atoms with Crippen molar-refractivity contribution in [3.8, 4) is 11.5 Å². The second kappa shape index (κ2) is 5.87. The van der Waals surface area contributed by atoms with Gasteiger partial charge in [-0.25, -0.2) is 0 Å². The van der Waals surface area contributed by atoms with Gasteiger partial charge >= 0.3 is 0 Å². The van der Waals surface area contributed by atoms with Gasteiger partial charge < -0.3 is 25.2 Å². The molecule has 1 saturated heterocycles. The molecular weight excluding hydrogens is 258 g/mol. The summed E-state index contributed by atoms with van der Waals surface area (Å²) < 4.78 is 10.7. The average molecular weight is 279 g/mol. The molecule has 0 radical (unpaired) electrons. The molecule has 20 heavy (non-hydrogen) atoms. The maximum absolute atomic E-state index is 9.59. The number of hydrogen-bond donors (Lipinski definition) is 2. The molecule has 3 rings (SSSR count). The fraction of sp³-hybridized carbons (Fsp3) is 0.571. The molecular formula is C14H21N3O3. The lowest BCUT2D eigenvalue weighted by atomic mass is 10.2. The van der Waals surface area contributed by atoms with E-state index in [1.807, 2.05) is 12.1 Å². The van der Waals surface area contributed by atoms with Gasteiger partial charge in [-0.2, -0.15) is 0 Å². The first-order valence-electron chi connectivity index (χ1n) is 7.01. The van der Waals surface area contributed by atoms with Gasteiger partial charge in [0.1, 0.15) is 0 Å². The topological polar surface area (TPSA) is 71.2 Å². The van der Waals surface area contributed by atoms with Crippen LogP contribution in [0.25, 0.3) is 0 Å². The lowest BCUT2D eigenvalue weighted by molar-refractivity contribution is 0.115. The van der Waals surface area contributed by atoms with Crippen molar-refractivity contribution in [1.29, 1.82) is 0 Å². The highest BCUT2D eigenvalue weighted by atomic mass is 16.7. The Morgan fingerprint density at radius 3 is 2.65 bits per heavy atom. The molecule has 1 aromatic rings. The first kappa shape index (κ1) is 13.5. The minimum atomic E-state index is -0.424. The summed E-state index contributed by atoms with van der Waals surface area (Å²) in [6, 6.07) is 6.06. The molecule has 0 aliphatic carbocycles. The van der Waals surface area contributed by atoms with Gasteiger partial charge in [0.15, 0.2) is 11.5 Å². The van der Waals surface area contributed by atoms with Crippen LogP contribution in [0, 0.1) is 0 Å². The number of aliphatic hydroxyl groups excluding tert-OH is 1. The van der Waals surface area contributed by atoms with Crippen LogP contribution in [-0.2, 0) is 0 Å². The zero-order chi connectivity index (χ0) is 13.9.